The SMILES string of the molecule is NS(=O)(=O)c1c(F)ccc(F)c1Br. The first-order valence-corrected chi connectivity index (χ1v) is 5.34. The zero-order chi connectivity index (χ0) is 10.2. The largest absolute Gasteiger partial charge is 0.242 e. The minimum absolute atomic E-state index is 0.491. The molecule has 0 bridgehead atoms. The normalized spacial score (nSPS) is 11.7. The summed E-state index contributed by atoms with van der Waals surface area (Å²) in [5.41, 5.74) is 0. The monoisotopic (exact) mass is 271 g/mol. The van der Waals surface area contributed by atoms with Crippen LogP contribution in [-0.2, 0) is 10.0 Å². The Bertz CT molecular complexity index is 446. The van der Waals surface area contributed by atoms with Crippen molar-refractivity contribution in [3.63, 3.8) is 0 Å². The molecule has 2 N–H and O–H groups in total. The molecule has 0 atom stereocenters. The topological polar surface area (TPSA) is 60.2 Å². The second-order valence-electron chi connectivity index (χ2n) is 2.22. The van der Waals surface area contributed by atoms with Crippen LogP contribution in [-0.4, -0.2) is 8.42 Å². The molecule has 0 fully saturated rings. The number of halogens is 3. The fraction of sp³-hybridized carbons (Fsp3) is 0. The van der Waals surface area contributed by atoms with Crippen LogP contribution in [0.3, 0.4) is 0 Å². The first-order valence-electron chi connectivity index (χ1n) is 3.00. The van der Waals surface area contributed by atoms with Crippen LogP contribution in [0.1, 0.15) is 0 Å². The summed E-state index contributed by atoms with van der Waals surface area (Å²) in [6.45, 7) is 0. The van der Waals surface area contributed by atoms with Gasteiger partial charge in [-0.1, -0.05) is 0 Å². The lowest BCUT2D eigenvalue weighted by atomic mass is 10.3. The lowest BCUT2D eigenvalue weighted by Crippen LogP contribution is -2.15. The van der Waals surface area contributed by atoms with Crippen LogP contribution in [0.5, 0.6) is 0 Å². The van der Waals surface area contributed by atoms with Gasteiger partial charge in [0.15, 0.2) is 0 Å². The van der Waals surface area contributed by atoms with Gasteiger partial charge in [0, 0.05) is 0 Å². The predicted octanol–water partition coefficient (Wildman–Crippen LogP) is 1.37. The fourth-order valence-electron chi connectivity index (χ4n) is 0.769. The quantitative estimate of drug-likeness (QED) is 0.785. The maximum atomic E-state index is 12.9. The molecule has 13 heavy (non-hydrogen) atoms. The van der Waals surface area contributed by atoms with Crippen molar-refractivity contribution in [2.75, 3.05) is 0 Å². The van der Waals surface area contributed by atoms with Crippen molar-refractivity contribution < 1.29 is 17.2 Å². The lowest BCUT2D eigenvalue weighted by Gasteiger charge is -2.03. The molecule has 0 spiro atoms. The van der Waals surface area contributed by atoms with Gasteiger partial charge in [0.25, 0.3) is 0 Å². The highest BCUT2D eigenvalue weighted by atomic mass is 79.9. The predicted molar refractivity (Wildman–Crippen MR) is 45.4 cm³/mol. The zero-order valence-corrected chi connectivity index (χ0v) is 8.49. The Morgan fingerprint density at radius 1 is 1.23 bits per heavy atom. The van der Waals surface area contributed by atoms with Crippen LogP contribution < -0.4 is 5.14 Å². The molecular formula is C6H4BrF2NO2S. The van der Waals surface area contributed by atoms with Crippen molar-refractivity contribution in [2.24, 2.45) is 5.14 Å². The Labute approximate surface area is 81.7 Å². The summed E-state index contributed by atoms with van der Waals surface area (Å²) in [4.78, 5) is -0.868. The van der Waals surface area contributed by atoms with Gasteiger partial charge in [-0.25, -0.2) is 22.3 Å². The van der Waals surface area contributed by atoms with E-state index in [1.807, 2.05) is 0 Å². The molecule has 1 rings (SSSR count). The lowest BCUT2D eigenvalue weighted by molar-refractivity contribution is 0.549. The molecule has 1 aromatic carbocycles. The summed E-state index contributed by atoms with van der Waals surface area (Å²) < 4.78 is 46.7. The Hall–Kier alpha value is -0.530. The van der Waals surface area contributed by atoms with E-state index >= 15 is 0 Å². The van der Waals surface area contributed by atoms with E-state index in [4.69, 9.17) is 0 Å². The van der Waals surface area contributed by atoms with Gasteiger partial charge in [0.1, 0.15) is 16.5 Å². The highest BCUT2D eigenvalue weighted by Crippen LogP contribution is 2.26. The van der Waals surface area contributed by atoms with E-state index in [-0.39, 0.29) is 0 Å². The van der Waals surface area contributed by atoms with E-state index in [0.29, 0.717) is 6.07 Å². The zero-order valence-electron chi connectivity index (χ0n) is 6.09. The van der Waals surface area contributed by atoms with Crippen molar-refractivity contribution in [3.8, 4) is 0 Å². The minimum atomic E-state index is -4.25. The summed E-state index contributed by atoms with van der Waals surface area (Å²) >= 11 is 2.59. The van der Waals surface area contributed by atoms with E-state index < -0.39 is 31.0 Å². The average molecular weight is 272 g/mol. The van der Waals surface area contributed by atoms with Crippen molar-refractivity contribution in [1.82, 2.24) is 0 Å². The maximum Gasteiger partial charge on any atom is 0.242 e. The van der Waals surface area contributed by atoms with Crippen molar-refractivity contribution in [2.45, 2.75) is 4.90 Å². The minimum Gasteiger partial charge on any atom is -0.224 e. The van der Waals surface area contributed by atoms with Gasteiger partial charge in [-0.05, 0) is 28.1 Å². The van der Waals surface area contributed by atoms with Gasteiger partial charge in [0.05, 0.1) is 4.47 Å². The molecule has 1 aromatic rings. The molecule has 0 radical (unpaired) electrons. The van der Waals surface area contributed by atoms with Gasteiger partial charge in [0.2, 0.25) is 10.0 Å². The molecule has 0 heterocycles. The molecule has 0 aliphatic heterocycles. The molecule has 0 aliphatic rings. The molecule has 7 heteroatoms. The first kappa shape index (κ1) is 10.6. The van der Waals surface area contributed by atoms with Crippen LogP contribution in [0.15, 0.2) is 21.5 Å². The Balaban J connectivity index is 3.62. The van der Waals surface area contributed by atoms with Gasteiger partial charge in [-0.3, -0.25) is 0 Å². The summed E-state index contributed by atoms with van der Waals surface area (Å²) in [7, 11) is -4.25. The third-order valence-corrected chi connectivity index (χ3v) is 3.29. The number of primary sulfonamides is 1. The van der Waals surface area contributed by atoms with E-state index in [0.717, 1.165) is 6.07 Å². The molecular weight excluding hydrogens is 268 g/mol. The number of hydrogen-bond acceptors (Lipinski definition) is 2. The van der Waals surface area contributed by atoms with Gasteiger partial charge >= 0.3 is 0 Å². The second-order valence-corrected chi connectivity index (χ2v) is 4.51. The standard InChI is InChI=1S/C6H4BrF2NO2S/c7-5-3(8)1-2-4(9)6(5)13(10,11)12/h1-2H,(H2,10,11,12). The van der Waals surface area contributed by atoms with Crippen LogP contribution >= 0.6 is 15.9 Å². The van der Waals surface area contributed by atoms with Crippen LogP contribution in [0, 0.1) is 11.6 Å². The second kappa shape index (κ2) is 3.32. The molecule has 0 saturated heterocycles. The summed E-state index contributed by atoms with van der Waals surface area (Å²) in [5, 5.41) is 4.66. The molecule has 3 nitrogen and oxygen atoms in total. The Morgan fingerprint density at radius 3 is 2.08 bits per heavy atom. The molecule has 72 valence electrons. The van der Waals surface area contributed by atoms with Crippen molar-refractivity contribution >= 4 is 26.0 Å². The van der Waals surface area contributed by atoms with Gasteiger partial charge in [-0.2, -0.15) is 0 Å². The van der Waals surface area contributed by atoms with Gasteiger partial charge < -0.3 is 0 Å². The van der Waals surface area contributed by atoms with E-state index in [2.05, 4.69) is 21.1 Å². The maximum absolute atomic E-state index is 12.9. The number of benzene rings is 1. The summed E-state index contributed by atoms with van der Waals surface area (Å²) in [6, 6.07) is 1.49. The number of nitrogens with two attached hydrogens (primary N) is 1. The third-order valence-electron chi connectivity index (χ3n) is 1.29. The van der Waals surface area contributed by atoms with E-state index in [9.17, 15) is 17.2 Å². The smallest absolute Gasteiger partial charge is 0.224 e. The highest BCUT2D eigenvalue weighted by molar-refractivity contribution is 9.10. The molecule has 0 amide bonds. The third kappa shape index (κ3) is 2.04. The molecule has 0 saturated carbocycles. The molecule has 0 unspecified atom stereocenters. The van der Waals surface area contributed by atoms with Crippen LogP contribution in [0.2, 0.25) is 0 Å². The first-order chi connectivity index (χ1) is 5.84. The number of hydrogen-bond donors (Lipinski definition) is 1. The van der Waals surface area contributed by atoms with Gasteiger partial charge in [-0.15, -0.1) is 0 Å². The average Bonchev–Trinajstić information content (AvgIpc) is 1.95. The van der Waals surface area contributed by atoms with Crippen molar-refractivity contribution in [1.29, 1.82) is 0 Å². The van der Waals surface area contributed by atoms with Crippen molar-refractivity contribution in [3.05, 3.63) is 28.2 Å². The number of rotatable bonds is 1. The van der Waals surface area contributed by atoms with Crippen LogP contribution in [0.4, 0.5) is 8.78 Å². The van der Waals surface area contributed by atoms with E-state index in [1.54, 1.807) is 0 Å². The molecule has 0 aromatic heterocycles. The number of sulfonamides is 1. The summed E-state index contributed by atoms with van der Waals surface area (Å²) in [6.07, 6.45) is 0. The highest BCUT2D eigenvalue weighted by Gasteiger charge is 2.20. The molecule has 0 aliphatic carbocycles. The van der Waals surface area contributed by atoms with E-state index in [1.165, 1.54) is 0 Å². The Morgan fingerprint density at radius 2 is 1.69 bits per heavy atom. The fourth-order valence-corrected chi connectivity index (χ4v) is 2.45. The van der Waals surface area contributed by atoms with Crippen LogP contribution in [0.25, 0.3) is 0 Å². The Kier molecular flexibility index (Phi) is 2.69. The summed E-state index contributed by atoms with van der Waals surface area (Å²) in [5.74, 6) is -1.97.